The minimum Gasteiger partial charge on any atom is -0.502 e. The van der Waals surface area contributed by atoms with Crippen molar-refractivity contribution in [3.8, 4) is 5.75 Å². The zero-order valence-corrected chi connectivity index (χ0v) is 56.0. The Morgan fingerprint density at radius 2 is 1.12 bits per heavy atom. The number of likely N-dealkylation sites (tertiary alicyclic amines) is 3. The fourth-order valence-corrected chi connectivity index (χ4v) is 12.5. The molecule has 35 nitrogen and oxygen atoms in total. The lowest BCUT2D eigenvalue weighted by atomic mass is 10.0. The van der Waals surface area contributed by atoms with Gasteiger partial charge in [-0.15, -0.1) is 5.10 Å². The predicted octanol–water partition coefficient (Wildman–Crippen LogP) is -2.34. The van der Waals surface area contributed by atoms with Gasteiger partial charge < -0.3 is 91.2 Å². The van der Waals surface area contributed by atoms with Crippen LogP contribution in [0.1, 0.15) is 103 Å². The number of anilines is 1. The van der Waals surface area contributed by atoms with Gasteiger partial charge in [0.25, 0.3) is 5.91 Å². The maximum absolute atomic E-state index is 14.6. The zero-order chi connectivity index (χ0) is 73.6. The molecule has 20 N–H and O–H groups in total. The van der Waals surface area contributed by atoms with Gasteiger partial charge >= 0.3 is 5.69 Å². The molecule has 0 aliphatic carbocycles. The van der Waals surface area contributed by atoms with Crippen molar-refractivity contribution in [1.82, 2.24) is 61.6 Å². The van der Waals surface area contributed by atoms with Gasteiger partial charge in [0, 0.05) is 69.3 Å². The molecule has 0 spiro atoms. The number of guanidine groups is 2. The van der Waals surface area contributed by atoms with Gasteiger partial charge in [0.15, 0.2) is 17.7 Å². The van der Waals surface area contributed by atoms with Crippen LogP contribution in [0.4, 0.5) is 11.4 Å². The van der Waals surface area contributed by atoms with Crippen molar-refractivity contribution in [1.29, 1.82) is 0 Å². The molecule has 102 heavy (non-hydrogen) atoms. The lowest BCUT2D eigenvalue weighted by Gasteiger charge is -2.33. The summed E-state index contributed by atoms with van der Waals surface area (Å²) in [4.78, 5) is 164. The molecule has 0 radical (unpaired) electrons. The molecule has 4 aromatic carbocycles. The first kappa shape index (κ1) is 76.0. The number of nitro benzene ring substituents is 1. The Morgan fingerprint density at radius 1 is 0.588 bits per heavy atom. The Morgan fingerprint density at radius 3 is 1.72 bits per heavy atom. The van der Waals surface area contributed by atoms with E-state index in [0.717, 1.165) is 12.1 Å². The van der Waals surface area contributed by atoms with Crippen LogP contribution >= 0.6 is 0 Å². The number of primary amides is 1. The number of aromatic nitrogens is 3. The molecule has 9 atom stereocenters. The average molecular weight is 1410 g/mol. The normalized spacial score (nSPS) is 17.3. The number of carbonyl (C=O) groups excluding carboxylic acids is 10. The Bertz CT molecular complexity index is 3870. The summed E-state index contributed by atoms with van der Waals surface area (Å²) in [6, 6.07) is 15.6. The molecule has 4 heterocycles. The summed E-state index contributed by atoms with van der Waals surface area (Å²) in [6.45, 7) is -0.446. The summed E-state index contributed by atoms with van der Waals surface area (Å²) < 4.78 is 1.25. The van der Waals surface area contributed by atoms with E-state index >= 15 is 0 Å². The number of aliphatic imine (C=N–C) groups is 2. The number of nitrogens with one attached hydrogen (secondary N) is 6. The molecule has 1 aromatic heterocycles. The smallest absolute Gasteiger partial charge is 0.310 e. The number of nitro groups is 1. The van der Waals surface area contributed by atoms with Gasteiger partial charge in [-0.25, -0.2) is 4.68 Å². The highest BCUT2D eigenvalue weighted by atomic mass is 16.6. The van der Waals surface area contributed by atoms with Crippen LogP contribution in [0, 0.1) is 10.1 Å². The van der Waals surface area contributed by atoms with Gasteiger partial charge in [-0.1, -0.05) is 71.9 Å². The van der Waals surface area contributed by atoms with Crippen molar-refractivity contribution in [2.45, 2.75) is 144 Å². The van der Waals surface area contributed by atoms with Crippen molar-refractivity contribution in [3.63, 3.8) is 0 Å². The van der Waals surface area contributed by atoms with E-state index < -0.39 is 136 Å². The predicted molar refractivity (Wildman–Crippen MR) is 370 cm³/mol. The molecule has 544 valence electrons. The molecule has 3 saturated heterocycles. The number of aliphatic hydroxyl groups excluding tert-OH is 1. The Hall–Kier alpha value is -11.8. The largest absolute Gasteiger partial charge is 0.502 e. The average Bonchev–Trinajstić information content (AvgIpc) is 1.64. The summed E-state index contributed by atoms with van der Waals surface area (Å²) in [5.74, 6) is -8.15. The number of hydrogen-bond donors (Lipinski definition) is 14. The monoisotopic (exact) mass is 1410 g/mol. The van der Waals surface area contributed by atoms with Crippen LogP contribution in [0.5, 0.6) is 5.75 Å². The first-order valence-corrected chi connectivity index (χ1v) is 33.4. The van der Waals surface area contributed by atoms with Crippen molar-refractivity contribution in [2.75, 3.05) is 45.1 Å². The van der Waals surface area contributed by atoms with E-state index in [9.17, 15) is 68.3 Å². The third kappa shape index (κ3) is 20.9. The maximum Gasteiger partial charge on any atom is 0.310 e. The summed E-state index contributed by atoms with van der Waals surface area (Å²) in [5, 5.41) is 57.1. The van der Waals surface area contributed by atoms with E-state index in [0.29, 0.717) is 55.3 Å². The molecule has 0 bridgehead atoms. The number of benzene rings is 4. The topological polar surface area (TPSA) is 548 Å². The quantitative estimate of drug-likeness (QED) is 0.00512. The minimum atomic E-state index is -1.61. The van der Waals surface area contributed by atoms with Crippen LogP contribution < -0.4 is 66.3 Å². The fourth-order valence-electron chi connectivity index (χ4n) is 12.5. The van der Waals surface area contributed by atoms with E-state index in [1.807, 2.05) is 0 Å². The summed E-state index contributed by atoms with van der Waals surface area (Å²) >= 11 is 0. The highest BCUT2D eigenvalue weighted by Gasteiger charge is 2.45. The van der Waals surface area contributed by atoms with Crippen LogP contribution in [-0.2, 0) is 69.0 Å². The van der Waals surface area contributed by atoms with E-state index in [2.05, 4.69) is 52.2 Å². The summed E-state index contributed by atoms with van der Waals surface area (Å²) in [5.41, 5.74) is 35.3. The lowest BCUT2D eigenvalue weighted by Crippen LogP contribution is -2.59. The van der Waals surface area contributed by atoms with Crippen molar-refractivity contribution < 1.29 is 63.1 Å². The molecular formula is C67H87N21O14. The fraction of sp³-hybridized carbons (Fsp3) is 0.433. The number of hydrogen-bond acceptors (Lipinski definition) is 19. The Labute approximate surface area is 586 Å². The molecule has 0 unspecified atom stereocenters. The second-order valence-electron chi connectivity index (χ2n) is 25.0. The van der Waals surface area contributed by atoms with Crippen molar-refractivity contribution >= 4 is 82.4 Å². The SMILES string of the molecule is NC(=O)[C@H](Cc1ccc(O)c([N+](=O)[O-])c1)NC(=O)[C@H](CCCN=C(N)N)NC(=O)[C@H](Cc1ccccc1)NC(=O)[C@@H]1CCCN1C(=O)[C@H](CO)NC(=O)[C@H](Cc1ccccc1)n1cc(CNC(=O)[C@@H]2CCCN2C(=O)[C@@H]2CCCN2C(=O)[C@H](CCCN=C(N)N)NC(=O)c2ccc(N)cc2)nn1. The van der Waals surface area contributed by atoms with E-state index in [-0.39, 0.29) is 113 Å². The van der Waals surface area contributed by atoms with Crippen LogP contribution in [0.2, 0.25) is 0 Å². The van der Waals surface area contributed by atoms with Crippen LogP contribution in [0.3, 0.4) is 0 Å². The number of phenols is 1. The number of nitrogens with two attached hydrogens (primary N) is 6. The molecule has 3 fully saturated rings. The Kier molecular flexibility index (Phi) is 27.1. The second kappa shape index (κ2) is 36.3. The van der Waals surface area contributed by atoms with Gasteiger partial charge in [0.05, 0.1) is 24.3 Å². The van der Waals surface area contributed by atoms with Crippen LogP contribution in [-0.4, -0.2) is 203 Å². The van der Waals surface area contributed by atoms with Crippen LogP contribution in [0.25, 0.3) is 0 Å². The molecule has 10 amide bonds. The molecule has 8 rings (SSSR count). The molecule has 3 aliphatic rings. The van der Waals surface area contributed by atoms with E-state index in [4.69, 9.17) is 34.4 Å². The third-order valence-electron chi connectivity index (χ3n) is 17.7. The second-order valence-corrected chi connectivity index (χ2v) is 25.0. The van der Waals surface area contributed by atoms with Gasteiger partial charge in [0.2, 0.25) is 53.2 Å². The van der Waals surface area contributed by atoms with Gasteiger partial charge in [-0.3, -0.25) is 68.0 Å². The molecule has 0 saturated carbocycles. The molecule has 3 aliphatic heterocycles. The van der Waals surface area contributed by atoms with Crippen LogP contribution in [0.15, 0.2) is 119 Å². The van der Waals surface area contributed by atoms with E-state index in [1.54, 1.807) is 72.8 Å². The summed E-state index contributed by atoms with van der Waals surface area (Å²) in [6.07, 6.45) is 3.44. The lowest BCUT2D eigenvalue weighted by molar-refractivity contribution is -0.385. The number of aliphatic hydroxyl groups is 1. The first-order chi connectivity index (χ1) is 48.9. The highest BCUT2D eigenvalue weighted by Crippen LogP contribution is 2.29. The number of phenolic OH excluding ortho intramolecular Hbond substituents is 1. The summed E-state index contributed by atoms with van der Waals surface area (Å²) in [7, 11) is 0. The number of carbonyl (C=O) groups is 10. The minimum absolute atomic E-state index is 0.00163. The first-order valence-electron chi connectivity index (χ1n) is 33.4. The number of rotatable bonds is 34. The standard InChI is InChI=1S/C67H87N21O14/c68-43-24-22-42(23-25-43)57(92)78-46(17-8-28-75-67(72)73)63(98)86-31-11-20-52(86)65(100)85-30-9-18-50(85)60(95)76-36-44-37-87(83-82-44)54(34-40-14-5-2-6-15-40)62(97)81-49(38-89)64(99)84-29-10-19-51(84)61(96)80-48(32-39-12-3-1-4-13-39)59(94)77-45(16-7-27-74-66(70)71)58(93)79-47(56(69)91)33-41-21-26-55(90)53(35-41)88(101)102/h1-6,12-15,21-26,35,37,45-52,54,89-90H,7-11,16-20,27-34,36,38,68H2,(H2,69,91)(H,76,95)(H,77,94)(H,78,92)(H,79,93)(H,80,96)(H,81,97)(H4,70,71,74)(H4,72,73,75)/t45-,46-,47-,48-,49-,50-,51-,52-,54-/m0/s1. The number of nitrogen functional groups attached to an aromatic ring is 1. The molecular weight excluding hydrogens is 1320 g/mol. The Balaban J connectivity index is 0.922. The van der Waals surface area contributed by atoms with E-state index in [1.165, 1.54) is 43.8 Å². The zero-order valence-electron chi connectivity index (χ0n) is 56.0. The van der Waals surface area contributed by atoms with Gasteiger partial charge in [0.1, 0.15) is 60.1 Å². The molecule has 5 aromatic rings. The highest BCUT2D eigenvalue weighted by molar-refractivity contribution is 6.00. The third-order valence-corrected chi connectivity index (χ3v) is 17.7. The maximum atomic E-state index is 14.6. The molecule has 35 heteroatoms. The van der Waals surface area contributed by atoms with Gasteiger partial charge in [-0.05, 0) is 111 Å². The number of aromatic hydroxyl groups is 1. The van der Waals surface area contributed by atoms with Crippen molar-refractivity contribution in [2.24, 2.45) is 38.7 Å². The number of nitrogens with zero attached hydrogens (tertiary/aromatic N) is 9. The van der Waals surface area contributed by atoms with Gasteiger partial charge in [-0.2, -0.15) is 0 Å². The van der Waals surface area contributed by atoms with Crippen molar-refractivity contribution in [3.05, 3.63) is 147 Å². The number of amides is 10.